The largest absolute Gasteiger partial charge is 0.355 e. The zero-order chi connectivity index (χ0) is 11.8. The summed E-state index contributed by atoms with van der Waals surface area (Å²) in [6.07, 6.45) is 3.14. The third kappa shape index (κ3) is 4.41. The summed E-state index contributed by atoms with van der Waals surface area (Å²) >= 11 is 0. The zero-order valence-electron chi connectivity index (χ0n) is 8.97. The molecule has 4 heteroatoms. The fraction of sp³-hybridized carbons (Fsp3) is 0.167. The summed E-state index contributed by atoms with van der Waals surface area (Å²) in [4.78, 5) is 26.4. The summed E-state index contributed by atoms with van der Waals surface area (Å²) < 4.78 is 0. The van der Waals surface area contributed by atoms with Crippen LogP contribution in [0.3, 0.4) is 0 Å². The van der Waals surface area contributed by atoms with Crippen molar-refractivity contribution in [2.24, 2.45) is 0 Å². The standard InChI is InChI=1S/C12H13NO3/c1-2-11(14)13-16-12(15)9-8-10-6-4-3-5-7-10/h3-9H,2H2,1H3,(H,13,14)/b9-8+. The number of benzene rings is 1. The Morgan fingerprint density at radius 3 is 2.62 bits per heavy atom. The quantitative estimate of drug-likeness (QED) is 0.621. The van der Waals surface area contributed by atoms with Crippen LogP contribution < -0.4 is 5.48 Å². The zero-order valence-corrected chi connectivity index (χ0v) is 8.97. The Kier molecular flexibility index (Phi) is 4.79. The van der Waals surface area contributed by atoms with Crippen LogP contribution in [0, 0.1) is 0 Å². The third-order valence-electron chi connectivity index (χ3n) is 1.80. The monoisotopic (exact) mass is 219 g/mol. The molecule has 0 aliphatic rings. The van der Waals surface area contributed by atoms with Gasteiger partial charge in [-0.1, -0.05) is 37.3 Å². The highest BCUT2D eigenvalue weighted by Gasteiger charge is 2.00. The molecule has 0 aliphatic heterocycles. The SMILES string of the molecule is CCC(=O)NOC(=O)/C=C/c1ccccc1. The van der Waals surface area contributed by atoms with Crippen LogP contribution >= 0.6 is 0 Å². The Morgan fingerprint density at radius 2 is 2.00 bits per heavy atom. The van der Waals surface area contributed by atoms with Crippen LogP contribution in [0.15, 0.2) is 36.4 Å². The summed E-state index contributed by atoms with van der Waals surface area (Å²) in [6, 6.07) is 9.33. The second-order valence-electron chi connectivity index (χ2n) is 3.04. The highest BCUT2D eigenvalue weighted by molar-refractivity contribution is 5.88. The van der Waals surface area contributed by atoms with Crippen LogP contribution in [-0.4, -0.2) is 11.9 Å². The summed E-state index contributed by atoms with van der Waals surface area (Å²) in [6.45, 7) is 1.67. The van der Waals surface area contributed by atoms with Gasteiger partial charge in [0.25, 0.3) is 5.91 Å². The van der Waals surface area contributed by atoms with Crippen molar-refractivity contribution in [3.63, 3.8) is 0 Å². The molecule has 0 fully saturated rings. The molecule has 0 bridgehead atoms. The normalized spacial score (nSPS) is 10.1. The second kappa shape index (κ2) is 6.40. The number of rotatable bonds is 3. The van der Waals surface area contributed by atoms with Gasteiger partial charge in [0.05, 0.1) is 0 Å². The lowest BCUT2D eigenvalue weighted by Gasteiger charge is -2.00. The maximum atomic E-state index is 11.1. The van der Waals surface area contributed by atoms with Crippen molar-refractivity contribution < 1.29 is 14.4 Å². The first kappa shape index (κ1) is 12.0. The first-order valence-corrected chi connectivity index (χ1v) is 4.95. The molecule has 16 heavy (non-hydrogen) atoms. The van der Waals surface area contributed by atoms with Gasteiger partial charge in [-0.05, 0) is 11.6 Å². The van der Waals surface area contributed by atoms with Gasteiger partial charge < -0.3 is 4.84 Å². The highest BCUT2D eigenvalue weighted by Crippen LogP contribution is 2.00. The lowest BCUT2D eigenvalue weighted by Crippen LogP contribution is -2.25. The number of carbonyl (C=O) groups is 2. The van der Waals surface area contributed by atoms with Gasteiger partial charge in [-0.15, -0.1) is 0 Å². The van der Waals surface area contributed by atoms with Crippen molar-refractivity contribution in [3.05, 3.63) is 42.0 Å². The summed E-state index contributed by atoms with van der Waals surface area (Å²) in [5.74, 6) is -0.938. The van der Waals surface area contributed by atoms with E-state index in [0.29, 0.717) is 0 Å². The maximum Gasteiger partial charge on any atom is 0.355 e. The van der Waals surface area contributed by atoms with Gasteiger partial charge in [0.1, 0.15) is 0 Å². The van der Waals surface area contributed by atoms with E-state index < -0.39 is 5.97 Å². The average molecular weight is 219 g/mol. The van der Waals surface area contributed by atoms with E-state index in [4.69, 9.17) is 0 Å². The predicted molar refractivity (Wildman–Crippen MR) is 60.0 cm³/mol. The summed E-state index contributed by atoms with van der Waals surface area (Å²) in [5.41, 5.74) is 2.92. The number of amides is 1. The van der Waals surface area contributed by atoms with E-state index in [1.54, 1.807) is 13.0 Å². The van der Waals surface area contributed by atoms with E-state index in [1.165, 1.54) is 6.08 Å². The highest BCUT2D eigenvalue weighted by atomic mass is 16.7. The Bertz CT molecular complexity index is 385. The molecular weight excluding hydrogens is 206 g/mol. The molecule has 1 amide bonds. The van der Waals surface area contributed by atoms with E-state index in [2.05, 4.69) is 4.84 Å². The van der Waals surface area contributed by atoms with Crippen LogP contribution in [0.25, 0.3) is 6.08 Å². The number of hydrogen-bond donors (Lipinski definition) is 1. The van der Waals surface area contributed by atoms with Crippen molar-refractivity contribution in [1.29, 1.82) is 0 Å². The molecule has 1 rings (SSSR count). The van der Waals surface area contributed by atoms with Gasteiger partial charge in [-0.2, -0.15) is 5.48 Å². The molecule has 84 valence electrons. The van der Waals surface area contributed by atoms with Crippen molar-refractivity contribution >= 4 is 18.0 Å². The van der Waals surface area contributed by atoms with Crippen molar-refractivity contribution in [1.82, 2.24) is 5.48 Å². The Balaban J connectivity index is 2.40. The van der Waals surface area contributed by atoms with E-state index >= 15 is 0 Å². The molecule has 1 aromatic carbocycles. The van der Waals surface area contributed by atoms with E-state index in [0.717, 1.165) is 5.56 Å². The van der Waals surface area contributed by atoms with Gasteiger partial charge in [0.2, 0.25) is 0 Å². The topological polar surface area (TPSA) is 55.4 Å². The number of carbonyl (C=O) groups excluding carboxylic acids is 2. The first-order valence-electron chi connectivity index (χ1n) is 4.95. The van der Waals surface area contributed by atoms with Crippen LogP contribution in [0.2, 0.25) is 0 Å². The molecule has 0 radical (unpaired) electrons. The van der Waals surface area contributed by atoms with Crippen LogP contribution in [0.1, 0.15) is 18.9 Å². The molecule has 0 saturated carbocycles. The Hall–Kier alpha value is -2.10. The molecule has 0 unspecified atom stereocenters. The summed E-state index contributed by atoms with van der Waals surface area (Å²) in [7, 11) is 0. The Labute approximate surface area is 93.9 Å². The second-order valence-corrected chi connectivity index (χ2v) is 3.04. The van der Waals surface area contributed by atoms with E-state index in [1.807, 2.05) is 35.8 Å². The molecule has 0 aliphatic carbocycles. The minimum absolute atomic E-state index is 0.273. The minimum Gasteiger partial charge on any atom is -0.336 e. The van der Waals surface area contributed by atoms with Crippen molar-refractivity contribution in [3.8, 4) is 0 Å². The van der Waals surface area contributed by atoms with Crippen molar-refractivity contribution in [2.75, 3.05) is 0 Å². The molecule has 0 heterocycles. The van der Waals surface area contributed by atoms with Crippen LogP contribution in [0.4, 0.5) is 0 Å². The fourth-order valence-corrected chi connectivity index (χ4v) is 0.942. The molecule has 4 nitrogen and oxygen atoms in total. The smallest absolute Gasteiger partial charge is 0.336 e. The Morgan fingerprint density at radius 1 is 1.31 bits per heavy atom. The van der Waals surface area contributed by atoms with Gasteiger partial charge >= 0.3 is 5.97 Å². The van der Waals surface area contributed by atoms with E-state index in [9.17, 15) is 9.59 Å². The molecule has 0 saturated heterocycles. The average Bonchev–Trinajstić information content (AvgIpc) is 2.34. The third-order valence-corrected chi connectivity index (χ3v) is 1.80. The molecule has 1 aromatic rings. The minimum atomic E-state index is -0.606. The van der Waals surface area contributed by atoms with Gasteiger partial charge in [-0.3, -0.25) is 4.79 Å². The molecule has 0 spiro atoms. The predicted octanol–water partition coefficient (Wildman–Crippen LogP) is 1.68. The van der Waals surface area contributed by atoms with Gasteiger partial charge in [-0.25, -0.2) is 4.79 Å². The maximum absolute atomic E-state index is 11.1. The van der Waals surface area contributed by atoms with Gasteiger partial charge in [0, 0.05) is 12.5 Å². The molecule has 0 aromatic heterocycles. The van der Waals surface area contributed by atoms with Gasteiger partial charge in [0.15, 0.2) is 0 Å². The van der Waals surface area contributed by atoms with Crippen LogP contribution in [-0.2, 0) is 14.4 Å². The lowest BCUT2D eigenvalue weighted by molar-refractivity contribution is -0.153. The lowest BCUT2D eigenvalue weighted by atomic mass is 10.2. The van der Waals surface area contributed by atoms with E-state index in [-0.39, 0.29) is 12.3 Å². The summed E-state index contributed by atoms with van der Waals surface area (Å²) in [5, 5.41) is 0. The molecular formula is C12H13NO3. The molecule has 0 atom stereocenters. The van der Waals surface area contributed by atoms with Crippen LogP contribution in [0.5, 0.6) is 0 Å². The number of nitrogens with one attached hydrogen (secondary N) is 1. The first-order chi connectivity index (χ1) is 7.72. The number of hydroxylamine groups is 1. The van der Waals surface area contributed by atoms with Crippen molar-refractivity contribution in [2.45, 2.75) is 13.3 Å². The fourth-order valence-electron chi connectivity index (χ4n) is 0.942. The molecule has 1 N–H and O–H groups in total. The number of hydrogen-bond acceptors (Lipinski definition) is 3.